The first-order valence-corrected chi connectivity index (χ1v) is 11.0. The van der Waals surface area contributed by atoms with Crippen LogP contribution in [0.1, 0.15) is 77.6 Å². The zero-order valence-electron chi connectivity index (χ0n) is 13.3. The van der Waals surface area contributed by atoms with Crippen LogP contribution >= 0.6 is 0 Å². The van der Waals surface area contributed by atoms with Crippen LogP contribution in [0, 0.1) is 5.39 Å². The van der Waals surface area contributed by atoms with E-state index in [1.54, 1.807) is 0 Å². The monoisotopic (exact) mass is 354 g/mol. The van der Waals surface area contributed by atoms with E-state index in [1.165, 1.54) is 44.9 Å². The molecule has 0 aromatic rings. The van der Waals surface area contributed by atoms with Crippen LogP contribution < -0.4 is 0 Å². The van der Waals surface area contributed by atoms with Crippen molar-refractivity contribution >= 4 is 19.2 Å². The highest BCUT2D eigenvalue weighted by atomic mass is 33.2. The SMILES string of the molecule is CCCCCCCCCCCCCN([N+]#N)S(=O)(=O)S(=O)O. The predicted octanol–water partition coefficient (Wildman–Crippen LogP) is 3.83. The molecule has 0 bridgehead atoms. The molecule has 1 N–H and O–H groups in total. The van der Waals surface area contributed by atoms with Gasteiger partial charge in [-0.2, -0.15) is 8.42 Å². The zero-order valence-corrected chi connectivity index (χ0v) is 14.9. The third-order valence-corrected chi connectivity index (χ3v) is 6.22. The minimum atomic E-state index is -4.46. The lowest BCUT2D eigenvalue weighted by atomic mass is 10.1. The normalized spacial score (nSPS) is 12.8. The Bertz CT molecular complexity index is 449. The summed E-state index contributed by atoms with van der Waals surface area (Å²) >= 11 is 0. The van der Waals surface area contributed by atoms with Gasteiger partial charge in [-0.25, -0.2) is 4.21 Å². The maximum absolute atomic E-state index is 11.3. The molecule has 1 unspecified atom stereocenters. The zero-order chi connectivity index (χ0) is 16.8. The average molecular weight is 355 g/mol. The number of hydrogen-bond acceptors (Lipinski definition) is 4. The lowest BCUT2D eigenvalue weighted by Gasteiger charge is -2.03. The summed E-state index contributed by atoms with van der Waals surface area (Å²) in [5, 5.41) is 11.2. The molecule has 0 saturated carbocycles. The van der Waals surface area contributed by atoms with Crippen LogP contribution in [-0.4, -0.2) is 28.1 Å². The van der Waals surface area contributed by atoms with Crippen LogP contribution in [0.2, 0.25) is 0 Å². The second-order valence-corrected chi connectivity index (χ2v) is 9.18. The summed E-state index contributed by atoms with van der Waals surface area (Å²) in [4.78, 5) is 0. The Labute approximate surface area is 135 Å². The van der Waals surface area contributed by atoms with Gasteiger partial charge in [0, 0.05) is 0 Å². The van der Waals surface area contributed by atoms with E-state index in [9.17, 15) is 12.6 Å². The second kappa shape index (κ2) is 12.8. The van der Waals surface area contributed by atoms with Crippen molar-refractivity contribution in [2.75, 3.05) is 6.54 Å². The molecule has 1 atom stereocenters. The molecule has 0 aromatic heterocycles. The van der Waals surface area contributed by atoms with Crippen molar-refractivity contribution < 1.29 is 17.2 Å². The van der Waals surface area contributed by atoms with E-state index in [2.05, 4.69) is 12.0 Å². The van der Waals surface area contributed by atoms with Crippen molar-refractivity contribution in [1.29, 1.82) is 5.39 Å². The standard InChI is InChI=1S/C13H27N3O4S2/c1-2-3-4-5-6-7-8-9-10-11-12-13-16(15-14)22(19,20)21(17)18/h2-13H2,1H3/p+1. The van der Waals surface area contributed by atoms with Gasteiger partial charge >= 0.3 is 24.3 Å². The number of hydrogen-bond donors (Lipinski definition) is 1. The van der Waals surface area contributed by atoms with Crippen LogP contribution in [0.15, 0.2) is 0 Å². The van der Waals surface area contributed by atoms with Crippen molar-refractivity contribution in [3.05, 3.63) is 5.08 Å². The molecule has 0 radical (unpaired) electrons. The summed E-state index contributed by atoms with van der Waals surface area (Å²) in [6.45, 7) is 2.12. The van der Waals surface area contributed by atoms with E-state index in [-0.39, 0.29) is 11.0 Å². The van der Waals surface area contributed by atoms with Crippen molar-refractivity contribution in [2.45, 2.75) is 77.6 Å². The quantitative estimate of drug-likeness (QED) is 0.168. The van der Waals surface area contributed by atoms with Gasteiger partial charge in [0.05, 0.1) is 4.41 Å². The third kappa shape index (κ3) is 9.33. The molecule has 0 aliphatic carbocycles. The van der Waals surface area contributed by atoms with Gasteiger partial charge < -0.3 is 0 Å². The number of nitrogens with zero attached hydrogens (tertiary/aromatic N) is 3. The fourth-order valence-corrected chi connectivity index (χ4v) is 3.53. The highest BCUT2D eigenvalue weighted by molar-refractivity contribution is 8.61. The highest BCUT2D eigenvalue weighted by Crippen LogP contribution is 2.13. The van der Waals surface area contributed by atoms with Gasteiger partial charge in [0.1, 0.15) is 6.54 Å². The molecule has 22 heavy (non-hydrogen) atoms. The minimum absolute atomic E-state index is 0.0812. The molecule has 9 heteroatoms. The molecule has 0 fully saturated rings. The van der Waals surface area contributed by atoms with Crippen molar-refractivity contribution in [1.82, 2.24) is 4.41 Å². The van der Waals surface area contributed by atoms with Gasteiger partial charge in [-0.3, -0.25) is 4.55 Å². The summed E-state index contributed by atoms with van der Waals surface area (Å²) in [5.74, 6) is 0. The second-order valence-electron chi connectivity index (χ2n) is 5.35. The molecular formula is C13H28N3O4S2+. The fraction of sp³-hybridized carbons (Fsp3) is 1.00. The Balaban J connectivity index is 3.61. The molecule has 0 aliphatic heterocycles. The van der Waals surface area contributed by atoms with Crippen LogP contribution in [0.25, 0.3) is 5.08 Å². The maximum Gasteiger partial charge on any atom is 0.402 e. The fourth-order valence-electron chi connectivity index (χ4n) is 2.19. The van der Waals surface area contributed by atoms with E-state index in [0.29, 0.717) is 6.42 Å². The van der Waals surface area contributed by atoms with Crippen molar-refractivity contribution in [3.63, 3.8) is 0 Å². The average Bonchev–Trinajstić information content (AvgIpc) is 2.48. The molecule has 130 valence electrons. The van der Waals surface area contributed by atoms with Gasteiger partial charge in [0.15, 0.2) is 0 Å². The smallest absolute Gasteiger partial charge is 0.292 e. The molecule has 0 spiro atoms. The summed E-state index contributed by atoms with van der Waals surface area (Å²) in [6, 6.07) is 0. The van der Waals surface area contributed by atoms with Crippen molar-refractivity contribution in [2.24, 2.45) is 0 Å². The molecule has 7 nitrogen and oxygen atoms in total. The lowest BCUT2D eigenvalue weighted by Crippen LogP contribution is -2.28. The number of diazo groups is 1. The van der Waals surface area contributed by atoms with E-state index in [1.807, 2.05) is 0 Å². The summed E-state index contributed by atoms with van der Waals surface area (Å²) in [6.07, 6.45) is 12.3. The molecule has 0 amide bonds. The Kier molecular flexibility index (Phi) is 12.4. The Morgan fingerprint density at radius 1 is 0.955 bits per heavy atom. The van der Waals surface area contributed by atoms with E-state index < -0.39 is 19.2 Å². The van der Waals surface area contributed by atoms with Gasteiger partial charge in [-0.05, 0) is 6.42 Å². The van der Waals surface area contributed by atoms with E-state index in [4.69, 9.17) is 9.95 Å². The molecule has 0 saturated heterocycles. The summed E-state index contributed by atoms with van der Waals surface area (Å²) < 4.78 is 42.1. The minimum Gasteiger partial charge on any atom is -0.292 e. The highest BCUT2D eigenvalue weighted by Gasteiger charge is 2.36. The number of unbranched alkanes of at least 4 members (excludes halogenated alkanes) is 10. The van der Waals surface area contributed by atoms with Crippen LogP contribution in [0.5, 0.6) is 0 Å². The van der Waals surface area contributed by atoms with Crippen LogP contribution in [-0.2, 0) is 19.2 Å². The van der Waals surface area contributed by atoms with Gasteiger partial charge in [-0.15, -0.1) is 0 Å². The van der Waals surface area contributed by atoms with Gasteiger partial charge in [-0.1, -0.05) is 71.1 Å². The molecule has 0 heterocycles. The molecular weight excluding hydrogens is 326 g/mol. The van der Waals surface area contributed by atoms with Gasteiger partial charge in [0.25, 0.3) is 5.39 Å². The van der Waals surface area contributed by atoms with Crippen LogP contribution in [0.4, 0.5) is 0 Å². The van der Waals surface area contributed by atoms with Crippen molar-refractivity contribution in [3.8, 4) is 0 Å². The predicted molar refractivity (Wildman–Crippen MR) is 87.9 cm³/mol. The summed E-state index contributed by atoms with van der Waals surface area (Å²) in [5.41, 5.74) is 0. The molecule has 0 aromatic carbocycles. The van der Waals surface area contributed by atoms with Gasteiger partial charge in [0.2, 0.25) is 0 Å². The Morgan fingerprint density at radius 2 is 1.36 bits per heavy atom. The first kappa shape index (κ1) is 21.3. The maximum atomic E-state index is 11.3. The van der Waals surface area contributed by atoms with E-state index >= 15 is 0 Å². The number of rotatable bonds is 14. The first-order chi connectivity index (χ1) is 10.5. The third-order valence-electron chi connectivity index (χ3n) is 3.49. The molecule has 0 rings (SSSR count). The Morgan fingerprint density at radius 3 is 1.73 bits per heavy atom. The lowest BCUT2D eigenvalue weighted by molar-refractivity contribution is 0.468. The summed E-state index contributed by atoms with van der Waals surface area (Å²) in [7, 11) is -7.53. The molecule has 0 aliphatic rings. The van der Waals surface area contributed by atoms with E-state index in [0.717, 1.165) is 19.3 Å². The Hall–Kier alpha value is -0.720. The topological polar surface area (TPSA) is 103 Å². The van der Waals surface area contributed by atoms with Crippen LogP contribution in [0.3, 0.4) is 0 Å². The first-order valence-electron chi connectivity index (χ1n) is 7.96. The largest absolute Gasteiger partial charge is 0.402 e.